The summed E-state index contributed by atoms with van der Waals surface area (Å²) >= 11 is 6.23. The van der Waals surface area contributed by atoms with Gasteiger partial charge in [0.2, 0.25) is 0 Å². The molecule has 0 atom stereocenters. The molecule has 0 aliphatic carbocycles. The Morgan fingerprint density at radius 2 is 0.526 bits per heavy atom. The topological polar surface area (TPSA) is 70.0 Å². The Balaban J connectivity index is 0.000000137. The van der Waals surface area contributed by atoms with Gasteiger partial charge in [-0.3, -0.25) is 19.9 Å². The normalized spacial score (nSPS) is 12.8. The van der Waals surface area contributed by atoms with Crippen molar-refractivity contribution in [1.29, 1.82) is 0 Å². The van der Waals surface area contributed by atoms with Crippen molar-refractivity contribution in [3.63, 3.8) is 0 Å². The fourth-order valence-electron chi connectivity index (χ4n) is 16.0. The van der Waals surface area contributed by atoms with Gasteiger partial charge in [0.1, 0.15) is 0 Å². The highest BCUT2D eigenvalue weighted by Gasteiger charge is 2.52. The van der Waals surface area contributed by atoms with E-state index < -0.39 is 18.3 Å². The molecule has 19 rings (SSSR count). The number of rotatable bonds is 12. The van der Waals surface area contributed by atoms with Gasteiger partial charge in [-0.05, 0) is 226 Å². The summed E-state index contributed by atoms with van der Waals surface area (Å²) in [6.07, 6.45) is 0. The number of nitrogens with zero attached hydrogens (tertiary/aromatic N) is 4. The molecule has 0 spiro atoms. The number of halogens is 1. The minimum Gasteiger partial charge on any atom is -0.399 e. The monoisotopic (exact) mass is 1490 g/mol. The summed E-state index contributed by atoms with van der Waals surface area (Å²) in [5.41, 5.74) is 33.8. The van der Waals surface area contributed by atoms with Gasteiger partial charge in [0.25, 0.3) is 0 Å². The third-order valence-electron chi connectivity index (χ3n) is 22.2. The van der Waals surface area contributed by atoms with Crippen LogP contribution in [0.25, 0.3) is 166 Å². The number of benzene rings is 14. The van der Waals surface area contributed by atoms with Crippen LogP contribution in [0.5, 0.6) is 0 Å². The number of hydrogen-bond donors (Lipinski definition) is 0. The molecule has 114 heavy (non-hydrogen) atoms. The maximum atomic E-state index is 6.50. The SMILES string of the molecule is CC1(C)OB(c2cccc(-c3cc(-c4ccccc4)c(-c4ccccc4)c(-c4ccccc4)c3-c3ccccc3)c2)OC1(C)C.Cc1ccc2ccc3c(-c4cccc(-c5cc(-c6ccccc6)c(-c6ccccc6)c(-c6ccccc6)c5-c5ccccc5)c4)cc(C)nc3c2n1.Cc1ccc2ccc3c(Cl)cc(C)nc3c2n1. The summed E-state index contributed by atoms with van der Waals surface area (Å²) in [7, 11) is -0.444. The summed E-state index contributed by atoms with van der Waals surface area (Å²) in [6, 6.07) is 130. The van der Waals surface area contributed by atoms with Gasteiger partial charge in [-0.25, -0.2) is 0 Å². The zero-order valence-electron chi connectivity index (χ0n) is 65.2. The molecule has 5 heterocycles. The predicted octanol–water partition coefficient (Wildman–Crippen LogP) is 27.8. The molecule has 1 saturated heterocycles. The Kier molecular flexibility index (Phi) is 20.5. The van der Waals surface area contributed by atoms with Gasteiger partial charge < -0.3 is 9.31 Å². The third-order valence-corrected chi connectivity index (χ3v) is 22.5. The average molecular weight is 1490 g/mol. The summed E-state index contributed by atoms with van der Waals surface area (Å²) in [5.74, 6) is 0. The highest BCUT2D eigenvalue weighted by atomic mass is 35.5. The first-order valence-electron chi connectivity index (χ1n) is 39.0. The van der Waals surface area contributed by atoms with Gasteiger partial charge in [-0.15, -0.1) is 0 Å². The Labute approximate surface area is 673 Å². The van der Waals surface area contributed by atoms with E-state index in [1.807, 2.05) is 45.0 Å². The number of fused-ring (bicyclic) bond motifs is 6. The maximum Gasteiger partial charge on any atom is 0.494 e. The lowest BCUT2D eigenvalue weighted by molar-refractivity contribution is 0.00578. The van der Waals surface area contributed by atoms with Gasteiger partial charge in [0, 0.05) is 44.3 Å². The first-order valence-corrected chi connectivity index (χ1v) is 39.4. The van der Waals surface area contributed by atoms with E-state index >= 15 is 0 Å². The molecular formula is C106H84BClN4O2. The molecule has 8 heteroatoms. The Hall–Kier alpha value is -13.0. The van der Waals surface area contributed by atoms with Gasteiger partial charge in [0.05, 0.1) is 38.3 Å². The van der Waals surface area contributed by atoms with E-state index in [0.717, 1.165) is 105 Å². The highest BCUT2D eigenvalue weighted by molar-refractivity contribution is 6.62. The molecule has 550 valence electrons. The third kappa shape index (κ3) is 14.7. The van der Waals surface area contributed by atoms with Crippen LogP contribution in [-0.2, 0) is 9.31 Å². The maximum absolute atomic E-state index is 6.50. The number of hydrogen-bond acceptors (Lipinski definition) is 6. The summed E-state index contributed by atoms with van der Waals surface area (Å²) in [4.78, 5) is 19.1. The molecule has 4 aromatic heterocycles. The fraction of sp³-hybridized carbons (Fsp3) is 0.0943. The number of aryl methyl sites for hydroxylation is 4. The van der Waals surface area contributed by atoms with Crippen LogP contribution in [0, 0.1) is 27.7 Å². The lowest BCUT2D eigenvalue weighted by atomic mass is 9.75. The minimum absolute atomic E-state index is 0.416. The summed E-state index contributed by atoms with van der Waals surface area (Å²) < 4.78 is 13.0. The van der Waals surface area contributed by atoms with E-state index in [2.05, 4.69) is 384 Å². The van der Waals surface area contributed by atoms with Crippen molar-refractivity contribution in [2.24, 2.45) is 0 Å². The van der Waals surface area contributed by atoms with E-state index in [9.17, 15) is 0 Å². The van der Waals surface area contributed by atoms with E-state index in [1.54, 1.807) is 0 Å². The largest absolute Gasteiger partial charge is 0.494 e. The van der Waals surface area contributed by atoms with Crippen LogP contribution in [0.2, 0.25) is 5.02 Å². The second kappa shape index (κ2) is 31.6. The van der Waals surface area contributed by atoms with Crippen molar-refractivity contribution in [2.45, 2.75) is 66.6 Å². The van der Waals surface area contributed by atoms with Gasteiger partial charge >= 0.3 is 7.12 Å². The predicted molar refractivity (Wildman–Crippen MR) is 480 cm³/mol. The second-order valence-electron chi connectivity index (χ2n) is 30.4. The fourth-order valence-corrected chi connectivity index (χ4v) is 16.3. The van der Waals surface area contributed by atoms with Crippen LogP contribution in [-0.4, -0.2) is 38.3 Å². The van der Waals surface area contributed by atoms with Gasteiger partial charge in [-0.2, -0.15) is 0 Å². The van der Waals surface area contributed by atoms with Crippen LogP contribution in [0.15, 0.2) is 364 Å². The van der Waals surface area contributed by atoms with Crippen molar-refractivity contribution >= 4 is 67.8 Å². The highest BCUT2D eigenvalue weighted by Crippen LogP contribution is 2.53. The molecule has 1 fully saturated rings. The van der Waals surface area contributed by atoms with Crippen molar-refractivity contribution in [1.82, 2.24) is 19.9 Å². The molecular weight excluding hydrogens is 1410 g/mol. The Morgan fingerprint density at radius 1 is 0.237 bits per heavy atom. The Morgan fingerprint density at radius 3 is 0.921 bits per heavy atom. The van der Waals surface area contributed by atoms with Crippen LogP contribution in [0.1, 0.15) is 50.5 Å². The molecule has 1 aliphatic heterocycles. The molecule has 0 N–H and O–H groups in total. The zero-order valence-corrected chi connectivity index (χ0v) is 66.0. The van der Waals surface area contributed by atoms with Gasteiger partial charge in [0.15, 0.2) is 0 Å². The van der Waals surface area contributed by atoms with Crippen LogP contribution >= 0.6 is 11.6 Å². The average Bonchev–Trinajstić information content (AvgIpc) is 0.930. The lowest BCUT2D eigenvalue weighted by Crippen LogP contribution is -2.41. The quantitative estimate of drug-likeness (QED) is 0.0897. The molecule has 6 nitrogen and oxygen atoms in total. The first-order chi connectivity index (χ1) is 55.6. The minimum atomic E-state index is -0.444. The van der Waals surface area contributed by atoms with E-state index in [1.165, 1.54) is 94.6 Å². The zero-order chi connectivity index (χ0) is 78.0. The molecule has 0 bridgehead atoms. The molecule has 18 aromatic rings. The molecule has 0 amide bonds. The van der Waals surface area contributed by atoms with E-state index in [0.29, 0.717) is 0 Å². The molecule has 0 radical (unpaired) electrons. The van der Waals surface area contributed by atoms with E-state index in [4.69, 9.17) is 30.9 Å². The standard InChI is InChI=1S/C50H36N2.C42H37BO2.C14H11ClN2/c1-33-26-27-39-28-29-42-43(30-34(2)52-50(42)49(39)51-33)40-24-15-25-41(31-40)45-32-44(35-16-7-3-8-17-35)46(36-18-9-4-10-19-36)48(38-22-13-6-14-23-38)47(45)37-20-11-5-12-21-37;1-41(2)42(3,4)45-43(44-41)35-27-17-26-34(28-35)37-29-36(30-18-9-5-10-19-30)38(31-20-11-6-12-21-31)40(33-24-15-8-16-25-33)39(37)32-22-13-7-14-23-32;1-8-3-4-10-5-6-11-12(15)7-9(2)17-14(11)13(10)16-8/h3-32H,1-2H3;5-29H,1-4H3;3-7H,1-2H3. The van der Waals surface area contributed by atoms with Crippen molar-refractivity contribution in [3.8, 4) is 122 Å². The molecule has 0 unspecified atom stereocenters. The van der Waals surface area contributed by atoms with Crippen molar-refractivity contribution in [2.75, 3.05) is 0 Å². The van der Waals surface area contributed by atoms with Crippen LogP contribution in [0.4, 0.5) is 0 Å². The van der Waals surface area contributed by atoms with Gasteiger partial charge in [-0.1, -0.05) is 333 Å². The number of aromatic nitrogens is 4. The second-order valence-corrected chi connectivity index (χ2v) is 30.9. The molecule has 14 aromatic carbocycles. The number of pyridine rings is 4. The van der Waals surface area contributed by atoms with Crippen molar-refractivity contribution in [3.05, 3.63) is 392 Å². The Bertz CT molecular complexity index is 6550. The summed E-state index contributed by atoms with van der Waals surface area (Å²) in [5, 5.41) is 4.99. The summed E-state index contributed by atoms with van der Waals surface area (Å²) in [6.45, 7) is 16.5. The lowest BCUT2D eigenvalue weighted by Gasteiger charge is -2.32. The van der Waals surface area contributed by atoms with Crippen LogP contribution in [0.3, 0.4) is 0 Å². The molecule has 0 saturated carbocycles. The van der Waals surface area contributed by atoms with E-state index in [-0.39, 0.29) is 0 Å². The first kappa shape index (κ1) is 73.8. The molecule has 1 aliphatic rings. The smallest absolute Gasteiger partial charge is 0.399 e. The van der Waals surface area contributed by atoms with Crippen LogP contribution < -0.4 is 5.46 Å². The van der Waals surface area contributed by atoms with Crippen molar-refractivity contribution < 1.29 is 9.31 Å².